The SMILES string of the molecule is CCCCCCCCCCCCCC/C=C\CCCCCCCCCCCCCCCC(O)C(=O)NC(CO)C(O)C(O)CCCCCCCCCCCCCCCCCCCCCCCCCCCCCCCCCC. The summed E-state index contributed by atoms with van der Waals surface area (Å²) in [6, 6.07) is -0.985. The van der Waals surface area contributed by atoms with Crippen molar-refractivity contribution in [2.45, 2.75) is 430 Å². The van der Waals surface area contributed by atoms with Gasteiger partial charge < -0.3 is 25.7 Å². The predicted molar refractivity (Wildman–Crippen MR) is 339 cm³/mol. The molecule has 0 fully saturated rings. The second-order valence-corrected chi connectivity index (χ2v) is 24.9. The molecule has 460 valence electrons. The summed E-state index contributed by atoms with van der Waals surface area (Å²) >= 11 is 0. The van der Waals surface area contributed by atoms with Crippen molar-refractivity contribution >= 4 is 5.91 Å². The maximum absolute atomic E-state index is 12.7. The summed E-state index contributed by atoms with van der Waals surface area (Å²) in [4.78, 5) is 12.7. The fourth-order valence-corrected chi connectivity index (χ4v) is 11.7. The smallest absolute Gasteiger partial charge is 0.249 e. The van der Waals surface area contributed by atoms with Gasteiger partial charge >= 0.3 is 0 Å². The zero-order chi connectivity index (χ0) is 55.8. The van der Waals surface area contributed by atoms with Crippen LogP contribution < -0.4 is 5.32 Å². The lowest BCUT2D eigenvalue weighted by Gasteiger charge is -2.27. The average Bonchev–Trinajstić information content (AvgIpc) is 3.43. The summed E-state index contributed by atoms with van der Waals surface area (Å²) in [5.41, 5.74) is 0. The molecule has 0 aliphatic rings. The Balaban J connectivity index is 3.52. The van der Waals surface area contributed by atoms with Gasteiger partial charge in [0.05, 0.1) is 18.8 Å². The van der Waals surface area contributed by atoms with Crippen molar-refractivity contribution in [2.75, 3.05) is 6.61 Å². The lowest BCUT2D eigenvalue weighted by atomic mass is 9.99. The van der Waals surface area contributed by atoms with E-state index in [9.17, 15) is 25.2 Å². The number of aliphatic hydroxyl groups is 4. The molecule has 0 rings (SSSR count). The number of carbonyl (C=O) groups excluding carboxylic acids is 1. The van der Waals surface area contributed by atoms with Gasteiger partial charge in [-0.1, -0.05) is 379 Å². The Kier molecular flexibility index (Phi) is 65.0. The van der Waals surface area contributed by atoms with Crippen LogP contribution in [0.3, 0.4) is 0 Å². The molecule has 4 unspecified atom stereocenters. The van der Waals surface area contributed by atoms with Gasteiger partial charge in [-0.2, -0.15) is 0 Å². The van der Waals surface area contributed by atoms with Gasteiger partial charge in [-0.05, 0) is 38.5 Å². The molecule has 0 radical (unpaired) electrons. The molecule has 0 aromatic carbocycles. The number of hydrogen-bond acceptors (Lipinski definition) is 5. The zero-order valence-electron chi connectivity index (χ0n) is 52.5. The van der Waals surface area contributed by atoms with Gasteiger partial charge in [-0.15, -0.1) is 0 Å². The molecule has 77 heavy (non-hydrogen) atoms. The van der Waals surface area contributed by atoms with Crippen LogP contribution in [0.25, 0.3) is 0 Å². The number of unbranched alkanes of at least 4 members (excludes halogenated alkanes) is 56. The molecule has 0 bridgehead atoms. The van der Waals surface area contributed by atoms with E-state index >= 15 is 0 Å². The van der Waals surface area contributed by atoms with Crippen LogP contribution in [0.5, 0.6) is 0 Å². The molecule has 6 heteroatoms. The predicted octanol–water partition coefficient (Wildman–Crippen LogP) is 21.9. The third kappa shape index (κ3) is 59.5. The molecule has 0 aliphatic heterocycles. The number of hydrogen-bond donors (Lipinski definition) is 5. The van der Waals surface area contributed by atoms with Crippen LogP contribution in [0.4, 0.5) is 0 Å². The lowest BCUT2D eigenvalue weighted by molar-refractivity contribution is -0.132. The van der Waals surface area contributed by atoms with Crippen LogP contribution in [0.1, 0.15) is 406 Å². The van der Waals surface area contributed by atoms with E-state index < -0.39 is 36.9 Å². The molecule has 5 N–H and O–H groups in total. The van der Waals surface area contributed by atoms with Gasteiger partial charge in [-0.25, -0.2) is 0 Å². The highest BCUT2D eigenvalue weighted by Crippen LogP contribution is 2.20. The molecule has 0 saturated carbocycles. The third-order valence-corrected chi connectivity index (χ3v) is 17.2. The van der Waals surface area contributed by atoms with E-state index in [4.69, 9.17) is 0 Å². The van der Waals surface area contributed by atoms with Crippen molar-refractivity contribution in [3.63, 3.8) is 0 Å². The molecule has 0 aromatic rings. The van der Waals surface area contributed by atoms with Crippen molar-refractivity contribution in [3.05, 3.63) is 12.2 Å². The maximum atomic E-state index is 12.7. The molecule has 0 aliphatic carbocycles. The molecule has 6 nitrogen and oxygen atoms in total. The first-order chi connectivity index (χ1) is 38.0. The largest absolute Gasteiger partial charge is 0.394 e. The molecule has 0 spiro atoms. The van der Waals surface area contributed by atoms with Gasteiger partial charge in [0.2, 0.25) is 5.91 Å². The van der Waals surface area contributed by atoms with Crippen LogP contribution in [0, 0.1) is 0 Å². The van der Waals surface area contributed by atoms with Crippen LogP contribution in [0.15, 0.2) is 12.2 Å². The van der Waals surface area contributed by atoms with Crippen LogP contribution >= 0.6 is 0 Å². The number of nitrogens with one attached hydrogen (secondary N) is 1. The van der Waals surface area contributed by atoms with Crippen molar-refractivity contribution < 1.29 is 25.2 Å². The monoisotopic (exact) mass is 1090 g/mol. The summed E-state index contributed by atoms with van der Waals surface area (Å²) in [7, 11) is 0. The van der Waals surface area contributed by atoms with Gasteiger partial charge in [0, 0.05) is 0 Å². The first kappa shape index (κ1) is 76.0. The molecule has 0 heterocycles. The van der Waals surface area contributed by atoms with Crippen LogP contribution in [-0.4, -0.2) is 57.3 Å². The van der Waals surface area contributed by atoms with E-state index in [1.54, 1.807) is 0 Å². The van der Waals surface area contributed by atoms with E-state index in [1.165, 1.54) is 340 Å². The Morgan fingerprint density at radius 1 is 0.312 bits per heavy atom. The summed E-state index contributed by atoms with van der Waals surface area (Å²) in [6.07, 6.45) is 82.0. The highest BCUT2D eigenvalue weighted by Gasteiger charge is 2.28. The quantitative estimate of drug-likeness (QED) is 0.0308. The standard InChI is InChI=1S/C71H141NO5/c1-3-5-7-9-11-13-15-17-19-21-23-25-27-29-31-33-34-35-37-38-40-42-44-46-48-50-52-54-56-58-60-62-64-68(74)70(76)67(66-73)72-71(77)69(75)65-63-61-59-57-55-53-51-49-47-45-43-41-39-36-32-30-28-26-24-22-20-18-16-14-12-10-8-6-4-2/h30,32,67-70,73-76H,3-29,31,33-66H2,1-2H3,(H,72,77)/b32-30-. The summed E-state index contributed by atoms with van der Waals surface area (Å²) in [5.74, 6) is -0.575. The average molecular weight is 1090 g/mol. The molecular formula is C71H141NO5. The van der Waals surface area contributed by atoms with Crippen molar-refractivity contribution in [3.8, 4) is 0 Å². The minimum Gasteiger partial charge on any atom is -0.394 e. The van der Waals surface area contributed by atoms with Crippen molar-refractivity contribution in [1.82, 2.24) is 5.32 Å². The number of allylic oxidation sites excluding steroid dienone is 2. The summed E-state index contributed by atoms with van der Waals surface area (Å²) < 4.78 is 0. The van der Waals surface area contributed by atoms with Gasteiger partial charge in [0.1, 0.15) is 12.2 Å². The van der Waals surface area contributed by atoms with Crippen LogP contribution in [-0.2, 0) is 4.79 Å². The molecular weight excluding hydrogens is 947 g/mol. The molecule has 4 atom stereocenters. The second-order valence-electron chi connectivity index (χ2n) is 24.9. The second kappa shape index (κ2) is 65.9. The highest BCUT2D eigenvalue weighted by molar-refractivity contribution is 5.80. The molecule has 0 aromatic heterocycles. The molecule has 1 amide bonds. The summed E-state index contributed by atoms with van der Waals surface area (Å²) in [5, 5.41) is 44.3. The fraction of sp³-hybridized carbons (Fsp3) is 0.958. The molecule has 0 saturated heterocycles. The Morgan fingerprint density at radius 2 is 0.519 bits per heavy atom. The van der Waals surface area contributed by atoms with E-state index in [0.29, 0.717) is 12.8 Å². The number of carbonyl (C=O) groups is 1. The Morgan fingerprint density at radius 3 is 0.753 bits per heavy atom. The zero-order valence-corrected chi connectivity index (χ0v) is 52.5. The third-order valence-electron chi connectivity index (χ3n) is 17.2. The number of amides is 1. The van der Waals surface area contributed by atoms with Gasteiger partial charge in [0.25, 0.3) is 0 Å². The van der Waals surface area contributed by atoms with Gasteiger partial charge in [-0.3, -0.25) is 4.79 Å². The van der Waals surface area contributed by atoms with E-state index in [1.807, 2.05) is 0 Å². The number of aliphatic hydroxyl groups excluding tert-OH is 4. The topological polar surface area (TPSA) is 110 Å². The Bertz CT molecular complexity index is 1130. The summed E-state index contributed by atoms with van der Waals surface area (Å²) in [6.45, 7) is 4.12. The fourth-order valence-electron chi connectivity index (χ4n) is 11.7. The number of rotatable bonds is 67. The first-order valence-electron chi connectivity index (χ1n) is 35.6. The van der Waals surface area contributed by atoms with Crippen molar-refractivity contribution in [2.24, 2.45) is 0 Å². The lowest BCUT2D eigenvalue weighted by Crippen LogP contribution is -2.53. The van der Waals surface area contributed by atoms with Gasteiger partial charge in [0.15, 0.2) is 0 Å². The highest BCUT2D eigenvalue weighted by atomic mass is 16.3. The van der Waals surface area contributed by atoms with Crippen molar-refractivity contribution in [1.29, 1.82) is 0 Å². The normalized spacial score (nSPS) is 13.5. The Hall–Kier alpha value is -0.950. The first-order valence-corrected chi connectivity index (χ1v) is 35.6. The van der Waals surface area contributed by atoms with E-state index in [2.05, 4.69) is 31.3 Å². The Labute approximate surface area is 482 Å². The maximum Gasteiger partial charge on any atom is 0.249 e. The minimum atomic E-state index is -1.26. The minimum absolute atomic E-state index is 0.373. The van der Waals surface area contributed by atoms with E-state index in [0.717, 1.165) is 38.5 Å². The van der Waals surface area contributed by atoms with E-state index in [-0.39, 0.29) is 0 Å². The van der Waals surface area contributed by atoms with Crippen LogP contribution in [0.2, 0.25) is 0 Å².